The summed E-state index contributed by atoms with van der Waals surface area (Å²) in [6.45, 7) is 5.92. The molecule has 0 radical (unpaired) electrons. The van der Waals surface area contributed by atoms with Crippen LogP contribution in [0.2, 0.25) is 0 Å². The van der Waals surface area contributed by atoms with Crippen molar-refractivity contribution in [2.24, 2.45) is 0 Å². The summed E-state index contributed by atoms with van der Waals surface area (Å²) < 4.78 is 5.46. The van der Waals surface area contributed by atoms with Crippen LogP contribution in [-0.2, 0) is 4.79 Å². The van der Waals surface area contributed by atoms with Crippen LogP contribution in [0, 0.1) is 13.8 Å². The van der Waals surface area contributed by atoms with Crippen molar-refractivity contribution < 1.29 is 14.0 Å². The summed E-state index contributed by atoms with van der Waals surface area (Å²) in [6.07, 6.45) is 5.92. The number of aryl methyl sites for hydroxylation is 2. The van der Waals surface area contributed by atoms with E-state index in [-0.39, 0.29) is 23.6 Å². The Hall–Kier alpha value is -1.85. The molecular weight excluding hydrogens is 294 g/mol. The molecule has 6 nitrogen and oxygen atoms in total. The maximum atomic E-state index is 12.9. The Morgan fingerprint density at radius 2 is 1.96 bits per heavy atom. The number of rotatable bonds is 3. The highest BCUT2D eigenvalue weighted by Crippen LogP contribution is 2.32. The SMILES string of the molecule is Cc1nc(C)c(C(=O)N2CCCC2(C)C(=O)NC2CCCC2)o1. The molecule has 0 spiro atoms. The third kappa shape index (κ3) is 2.86. The second-order valence-corrected chi connectivity index (χ2v) is 6.94. The Morgan fingerprint density at radius 3 is 2.57 bits per heavy atom. The Labute approximate surface area is 136 Å². The first-order chi connectivity index (χ1) is 10.9. The van der Waals surface area contributed by atoms with Crippen LogP contribution in [0.4, 0.5) is 0 Å². The van der Waals surface area contributed by atoms with E-state index in [0.29, 0.717) is 24.6 Å². The lowest BCUT2D eigenvalue weighted by molar-refractivity contribution is -0.130. The van der Waals surface area contributed by atoms with Gasteiger partial charge in [-0.05, 0) is 39.5 Å². The van der Waals surface area contributed by atoms with Crippen LogP contribution in [0.1, 0.15) is 67.6 Å². The normalized spacial score (nSPS) is 25.1. The molecule has 126 valence electrons. The zero-order valence-electron chi connectivity index (χ0n) is 14.1. The van der Waals surface area contributed by atoms with Gasteiger partial charge >= 0.3 is 0 Å². The lowest BCUT2D eigenvalue weighted by Crippen LogP contribution is -2.57. The van der Waals surface area contributed by atoms with E-state index in [4.69, 9.17) is 4.42 Å². The summed E-state index contributed by atoms with van der Waals surface area (Å²) in [5, 5.41) is 3.14. The standard InChI is InChI=1S/C17H25N3O3/c1-11-14(23-12(2)18-11)15(21)20-10-6-9-17(20,3)16(22)19-13-7-4-5-8-13/h13H,4-10H2,1-3H3,(H,19,22). The summed E-state index contributed by atoms with van der Waals surface area (Å²) in [5.41, 5.74) is -0.217. The van der Waals surface area contributed by atoms with Gasteiger partial charge in [0.05, 0.1) is 5.69 Å². The molecule has 1 aromatic heterocycles. The first kappa shape index (κ1) is 16.0. The van der Waals surface area contributed by atoms with Crippen LogP contribution >= 0.6 is 0 Å². The molecule has 6 heteroatoms. The van der Waals surface area contributed by atoms with Gasteiger partial charge in [-0.3, -0.25) is 9.59 Å². The first-order valence-corrected chi connectivity index (χ1v) is 8.49. The van der Waals surface area contributed by atoms with Gasteiger partial charge < -0.3 is 14.6 Å². The van der Waals surface area contributed by atoms with Gasteiger partial charge in [0, 0.05) is 19.5 Å². The number of carbonyl (C=O) groups excluding carboxylic acids is 2. The summed E-state index contributed by atoms with van der Waals surface area (Å²) >= 11 is 0. The number of nitrogens with one attached hydrogen (secondary N) is 1. The Morgan fingerprint density at radius 1 is 1.26 bits per heavy atom. The number of likely N-dealkylation sites (tertiary alicyclic amines) is 1. The molecule has 1 aliphatic carbocycles. The predicted molar refractivity (Wildman–Crippen MR) is 85.1 cm³/mol. The second kappa shape index (κ2) is 5.98. The first-order valence-electron chi connectivity index (χ1n) is 8.49. The van der Waals surface area contributed by atoms with Gasteiger partial charge in [-0.15, -0.1) is 0 Å². The molecule has 1 unspecified atom stereocenters. The fraction of sp³-hybridized carbons (Fsp3) is 0.706. The number of carbonyl (C=O) groups is 2. The molecule has 1 atom stereocenters. The Kier molecular flexibility index (Phi) is 4.17. The highest BCUT2D eigenvalue weighted by Gasteiger charge is 2.47. The molecule has 1 saturated carbocycles. The third-order valence-electron chi connectivity index (χ3n) is 5.16. The Balaban J connectivity index is 1.79. The number of aromatic nitrogens is 1. The molecule has 2 fully saturated rings. The highest BCUT2D eigenvalue weighted by molar-refractivity contribution is 5.98. The van der Waals surface area contributed by atoms with Gasteiger partial charge in [-0.25, -0.2) is 4.98 Å². The van der Waals surface area contributed by atoms with Crippen molar-refractivity contribution in [2.75, 3.05) is 6.54 Å². The van der Waals surface area contributed by atoms with Crippen molar-refractivity contribution >= 4 is 11.8 Å². The lowest BCUT2D eigenvalue weighted by atomic mass is 9.96. The highest BCUT2D eigenvalue weighted by atomic mass is 16.4. The molecule has 1 N–H and O–H groups in total. The quantitative estimate of drug-likeness (QED) is 0.928. The van der Waals surface area contributed by atoms with Gasteiger partial charge in [0.2, 0.25) is 11.7 Å². The maximum Gasteiger partial charge on any atom is 0.292 e. The summed E-state index contributed by atoms with van der Waals surface area (Å²) in [7, 11) is 0. The van der Waals surface area contributed by atoms with E-state index in [1.165, 1.54) is 12.8 Å². The molecule has 2 aliphatic rings. The van der Waals surface area contributed by atoms with E-state index in [0.717, 1.165) is 19.3 Å². The van der Waals surface area contributed by atoms with E-state index in [2.05, 4.69) is 10.3 Å². The largest absolute Gasteiger partial charge is 0.436 e. The molecular formula is C17H25N3O3. The zero-order chi connectivity index (χ0) is 16.6. The molecule has 2 amide bonds. The van der Waals surface area contributed by atoms with Crippen LogP contribution < -0.4 is 5.32 Å². The molecule has 1 saturated heterocycles. The number of hydrogen-bond acceptors (Lipinski definition) is 4. The van der Waals surface area contributed by atoms with Crippen LogP contribution in [0.3, 0.4) is 0 Å². The number of oxazole rings is 1. The van der Waals surface area contributed by atoms with Crippen LogP contribution in [0.15, 0.2) is 4.42 Å². The summed E-state index contributed by atoms with van der Waals surface area (Å²) in [5.74, 6) is 0.459. The van der Waals surface area contributed by atoms with Crippen molar-refractivity contribution in [3.8, 4) is 0 Å². The molecule has 23 heavy (non-hydrogen) atoms. The fourth-order valence-electron chi connectivity index (χ4n) is 3.79. The molecule has 1 aromatic rings. The predicted octanol–water partition coefficient (Wildman–Crippen LogP) is 2.34. The van der Waals surface area contributed by atoms with Crippen LogP contribution in [0.5, 0.6) is 0 Å². The van der Waals surface area contributed by atoms with Gasteiger partial charge in [-0.1, -0.05) is 12.8 Å². The van der Waals surface area contributed by atoms with Crippen LogP contribution in [-0.4, -0.2) is 39.8 Å². The van der Waals surface area contributed by atoms with E-state index < -0.39 is 5.54 Å². The van der Waals surface area contributed by atoms with Crippen molar-refractivity contribution in [1.82, 2.24) is 15.2 Å². The minimum atomic E-state index is -0.799. The van der Waals surface area contributed by atoms with Crippen molar-refractivity contribution in [3.63, 3.8) is 0 Å². The minimum absolute atomic E-state index is 0.0378. The zero-order valence-corrected chi connectivity index (χ0v) is 14.1. The molecule has 2 heterocycles. The number of nitrogens with zero attached hydrogens (tertiary/aromatic N) is 2. The summed E-state index contributed by atoms with van der Waals surface area (Å²) in [4.78, 5) is 31.5. The van der Waals surface area contributed by atoms with E-state index >= 15 is 0 Å². The second-order valence-electron chi connectivity index (χ2n) is 6.94. The van der Waals surface area contributed by atoms with E-state index in [1.807, 2.05) is 6.92 Å². The Bertz CT molecular complexity index is 619. The fourth-order valence-corrected chi connectivity index (χ4v) is 3.79. The van der Waals surface area contributed by atoms with Gasteiger partial charge in [0.1, 0.15) is 5.54 Å². The lowest BCUT2D eigenvalue weighted by Gasteiger charge is -2.34. The van der Waals surface area contributed by atoms with E-state index in [9.17, 15) is 9.59 Å². The molecule has 0 bridgehead atoms. The maximum absolute atomic E-state index is 12.9. The smallest absolute Gasteiger partial charge is 0.292 e. The molecule has 0 aromatic carbocycles. The minimum Gasteiger partial charge on any atom is -0.436 e. The van der Waals surface area contributed by atoms with E-state index in [1.54, 1.807) is 18.7 Å². The molecule has 1 aliphatic heterocycles. The van der Waals surface area contributed by atoms with Crippen molar-refractivity contribution in [3.05, 3.63) is 17.3 Å². The van der Waals surface area contributed by atoms with Crippen molar-refractivity contribution in [1.29, 1.82) is 0 Å². The number of amides is 2. The average molecular weight is 319 g/mol. The van der Waals surface area contributed by atoms with Gasteiger partial charge in [-0.2, -0.15) is 0 Å². The van der Waals surface area contributed by atoms with Crippen LogP contribution in [0.25, 0.3) is 0 Å². The topological polar surface area (TPSA) is 75.4 Å². The van der Waals surface area contributed by atoms with Crippen molar-refractivity contribution in [2.45, 2.75) is 70.9 Å². The average Bonchev–Trinajstić information content (AvgIpc) is 3.20. The third-order valence-corrected chi connectivity index (χ3v) is 5.16. The van der Waals surface area contributed by atoms with Gasteiger partial charge in [0.15, 0.2) is 5.89 Å². The van der Waals surface area contributed by atoms with Gasteiger partial charge in [0.25, 0.3) is 5.91 Å². The monoisotopic (exact) mass is 319 g/mol. The summed E-state index contributed by atoms with van der Waals surface area (Å²) in [6, 6.07) is 0.256. The number of hydrogen-bond donors (Lipinski definition) is 1. The molecule has 3 rings (SSSR count).